The van der Waals surface area contributed by atoms with E-state index in [0.717, 1.165) is 23.3 Å². The molecular weight excluding hydrogens is 268 g/mol. The summed E-state index contributed by atoms with van der Waals surface area (Å²) in [7, 11) is 0. The first-order valence-electron chi connectivity index (χ1n) is 7.94. The third kappa shape index (κ3) is 2.74. The Hall–Kier alpha value is -0.570. The molecule has 4 unspecified atom stereocenters. The Balaban J connectivity index is 1.81. The van der Waals surface area contributed by atoms with Crippen molar-refractivity contribution in [3.8, 4) is 0 Å². The number of rotatable bonds is 4. The van der Waals surface area contributed by atoms with Gasteiger partial charge in [-0.05, 0) is 48.8 Å². The molecule has 2 N–H and O–H groups in total. The van der Waals surface area contributed by atoms with Gasteiger partial charge in [0.15, 0.2) is 0 Å². The molecule has 110 valence electrons. The van der Waals surface area contributed by atoms with Crippen molar-refractivity contribution in [3.63, 3.8) is 0 Å². The van der Waals surface area contributed by atoms with E-state index in [4.69, 9.17) is 17.3 Å². The fourth-order valence-corrected chi connectivity index (χ4v) is 4.24. The van der Waals surface area contributed by atoms with Gasteiger partial charge in [0.1, 0.15) is 0 Å². The zero-order valence-corrected chi connectivity index (χ0v) is 13.0. The fourth-order valence-electron chi connectivity index (χ4n) is 4.11. The normalized spacial score (nSPS) is 29.4. The number of benzene rings is 1. The molecule has 20 heavy (non-hydrogen) atoms. The lowest BCUT2D eigenvalue weighted by atomic mass is 9.96. The van der Waals surface area contributed by atoms with Crippen LogP contribution in [0.5, 0.6) is 0 Å². The van der Waals surface area contributed by atoms with Gasteiger partial charge in [-0.2, -0.15) is 0 Å². The van der Waals surface area contributed by atoms with Gasteiger partial charge in [-0.15, -0.1) is 0 Å². The van der Waals surface area contributed by atoms with E-state index in [-0.39, 0.29) is 6.04 Å². The Bertz CT molecular complexity index is 433. The summed E-state index contributed by atoms with van der Waals surface area (Å²) in [4.78, 5) is 2.63. The number of nitrogens with zero attached hydrogens (tertiary/aromatic N) is 1. The number of likely N-dealkylation sites (tertiary alicyclic amines) is 1. The highest BCUT2D eigenvalue weighted by atomic mass is 35.5. The van der Waals surface area contributed by atoms with Gasteiger partial charge >= 0.3 is 0 Å². The van der Waals surface area contributed by atoms with Crippen LogP contribution in [0.25, 0.3) is 0 Å². The molecule has 1 aliphatic carbocycles. The van der Waals surface area contributed by atoms with Crippen molar-refractivity contribution in [2.75, 3.05) is 13.1 Å². The molecule has 2 aliphatic rings. The van der Waals surface area contributed by atoms with Crippen LogP contribution < -0.4 is 5.73 Å². The maximum atomic E-state index is 6.44. The topological polar surface area (TPSA) is 29.3 Å². The summed E-state index contributed by atoms with van der Waals surface area (Å²) in [5, 5.41) is 0.802. The van der Waals surface area contributed by atoms with Gasteiger partial charge in [-0.3, -0.25) is 4.90 Å². The van der Waals surface area contributed by atoms with E-state index >= 15 is 0 Å². The smallest absolute Gasteiger partial charge is 0.0499 e. The van der Waals surface area contributed by atoms with Crippen LogP contribution in [0, 0.1) is 11.8 Å². The Morgan fingerprint density at radius 1 is 1.20 bits per heavy atom. The maximum Gasteiger partial charge on any atom is 0.0499 e. The summed E-state index contributed by atoms with van der Waals surface area (Å²) < 4.78 is 0. The van der Waals surface area contributed by atoms with Crippen LogP contribution in [0.15, 0.2) is 24.3 Å². The predicted octanol–water partition coefficient (Wildman–Crippen LogP) is 3.85. The number of halogens is 1. The van der Waals surface area contributed by atoms with Crippen molar-refractivity contribution < 1.29 is 0 Å². The van der Waals surface area contributed by atoms with E-state index in [1.807, 2.05) is 12.1 Å². The molecule has 0 spiro atoms. The zero-order chi connectivity index (χ0) is 14.1. The molecule has 1 heterocycles. The molecule has 0 bridgehead atoms. The molecule has 0 aromatic heterocycles. The highest BCUT2D eigenvalue weighted by Crippen LogP contribution is 2.41. The summed E-state index contributed by atoms with van der Waals surface area (Å²) in [5.74, 6) is 1.82. The highest BCUT2D eigenvalue weighted by molar-refractivity contribution is 6.30. The van der Waals surface area contributed by atoms with E-state index in [0.29, 0.717) is 6.04 Å². The quantitative estimate of drug-likeness (QED) is 0.913. The molecule has 1 saturated carbocycles. The van der Waals surface area contributed by atoms with Crippen molar-refractivity contribution >= 4 is 11.6 Å². The van der Waals surface area contributed by atoms with Crippen molar-refractivity contribution in [1.82, 2.24) is 4.90 Å². The van der Waals surface area contributed by atoms with E-state index in [1.54, 1.807) is 0 Å². The Kier molecular flexibility index (Phi) is 4.34. The molecule has 2 fully saturated rings. The molecule has 4 atom stereocenters. The summed E-state index contributed by atoms with van der Waals surface area (Å²) in [6.45, 7) is 4.64. The minimum Gasteiger partial charge on any atom is -0.326 e. The van der Waals surface area contributed by atoms with Gasteiger partial charge in [0.2, 0.25) is 0 Å². The third-order valence-corrected chi connectivity index (χ3v) is 5.49. The van der Waals surface area contributed by atoms with Crippen LogP contribution in [-0.2, 0) is 0 Å². The van der Waals surface area contributed by atoms with Crippen LogP contribution in [0.4, 0.5) is 0 Å². The molecule has 1 aromatic carbocycles. The molecule has 3 rings (SSSR count). The molecular formula is C17H25ClN2. The highest BCUT2D eigenvalue weighted by Gasteiger charge is 2.40. The summed E-state index contributed by atoms with van der Waals surface area (Å²) in [6, 6.07) is 8.83. The van der Waals surface area contributed by atoms with Crippen LogP contribution in [-0.4, -0.2) is 24.0 Å². The van der Waals surface area contributed by atoms with Crippen LogP contribution in [0.1, 0.15) is 44.2 Å². The molecule has 1 saturated heterocycles. The second kappa shape index (κ2) is 6.05. The Morgan fingerprint density at radius 3 is 2.35 bits per heavy atom. The number of hydrogen-bond donors (Lipinski definition) is 1. The molecule has 0 radical (unpaired) electrons. The van der Waals surface area contributed by atoms with E-state index in [9.17, 15) is 0 Å². The fraction of sp³-hybridized carbons (Fsp3) is 0.647. The van der Waals surface area contributed by atoms with Gasteiger partial charge < -0.3 is 5.73 Å². The lowest BCUT2D eigenvalue weighted by molar-refractivity contribution is 0.194. The Labute approximate surface area is 127 Å². The maximum absolute atomic E-state index is 6.44. The van der Waals surface area contributed by atoms with Crippen LogP contribution >= 0.6 is 11.6 Å². The average molecular weight is 293 g/mol. The van der Waals surface area contributed by atoms with E-state index in [2.05, 4.69) is 24.0 Å². The van der Waals surface area contributed by atoms with Crippen LogP contribution in [0.3, 0.4) is 0 Å². The monoisotopic (exact) mass is 292 g/mol. The minimum absolute atomic E-state index is 0.204. The van der Waals surface area contributed by atoms with Gasteiger partial charge in [0.05, 0.1) is 0 Å². The average Bonchev–Trinajstić information content (AvgIpc) is 3.02. The summed E-state index contributed by atoms with van der Waals surface area (Å²) in [6.07, 6.45) is 5.26. The number of nitrogens with two attached hydrogens (primary N) is 1. The van der Waals surface area contributed by atoms with Gasteiger partial charge in [-0.1, -0.05) is 37.1 Å². The lowest BCUT2D eigenvalue weighted by Gasteiger charge is -2.33. The van der Waals surface area contributed by atoms with Crippen molar-refractivity contribution in [3.05, 3.63) is 34.9 Å². The largest absolute Gasteiger partial charge is 0.326 e. The minimum atomic E-state index is 0.204. The summed E-state index contributed by atoms with van der Waals surface area (Å²) in [5.41, 5.74) is 7.77. The first-order chi connectivity index (χ1) is 9.69. The molecule has 2 nitrogen and oxygen atoms in total. The molecule has 3 heteroatoms. The predicted molar refractivity (Wildman–Crippen MR) is 84.9 cm³/mol. The molecule has 1 aliphatic heterocycles. The van der Waals surface area contributed by atoms with Crippen molar-refractivity contribution in [1.29, 1.82) is 0 Å². The van der Waals surface area contributed by atoms with Crippen molar-refractivity contribution in [2.45, 2.75) is 44.7 Å². The van der Waals surface area contributed by atoms with Crippen molar-refractivity contribution in [2.24, 2.45) is 17.6 Å². The van der Waals surface area contributed by atoms with Gasteiger partial charge in [-0.25, -0.2) is 0 Å². The molecule has 0 amide bonds. The standard InChI is InChI=1S/C17H25ClN2/c1-2-16(19)17(12-6-8-15(18)9-7-12)20-10-13-4-3-5-14(13)11-20/h6-9,13-14,16-17H,2-5,10-11,19H2,1H3. The Morgan fingerprint density at radius 2 is 1.80 bits per heavy atom. The number of hydrogen-bond acceptors (Lipinski definition) is 2. The first kappa shape index (κ1) is 14.4. The zero-order valence-electron chi connectivity index (χ0n) is 12.3. The van der Waals surface area contributed by atoms with E-state index < -0.39 is 0 Å². The lowest BCUT2D eigenvalue weighted by Crippen LogP contribution is -2.40. The first-order valence-corrected chi connectivity index (χ1v) is 8.32. The third-order valence-electron chi connectivity index (χ3n) is 5.24. The van der Waals surface area contributed by atoms with Crippen LogP contribution in [0.2, 0.25) is 5.02 Å². The number of fused-ring (bicyclic) bond motifs is 1. The van der Waals surface area contributed by atoms with Gasteiger partial charge in [0, 0.05) is 30.2 Å². The second-order valence-corrected chi connectivity index (χ2v) is 6.91. The summed E-state index contributed by atoms with van der Waals surface area (Å²) >= 11 is 6.02. The van der Waals surface area contributed by atoms with E-state index in [1.165, 1.54) is 37.9 Å². The SMILES string of the molecule is CCC(N)C(c1ccc(Cl)cc1)N1CC2CCCC2C1. The van der Waals surface area contributed by atoms with Gasteiger partial charge in [0.25, 0.3) is 0 Å². The second-order valence-electron chi connectivity index (χ2n) is 6.47. The molecule has 1 aromatic rings.